The summed E-state index contributed by atoms with van der Waals surface area (Å²) in [5.41, 5.74) is 7.02. The van der Waals surface area contributed by atoms with Crippen LogP contribution < -0.4 is 90.2 Å². The second kappa shape index (κ2) is 29.4. The van der Waals surface area contributed by atoms with Crippen molar-refractivity contribution in [2.24, 2.45) is 5.41 Å². The molecule has 4 heterocycles. The minimum Gasteiger partial charge on any atom is -0.790 e. The van der Waals surface area contributed by atoms with Gasteiger partial charge in [-0.25, -0.2) is 9.97 Å². The van der Waals surface area contributed by atoms with Gasteiger partial charge in [-0.2, -0.15) is 0 Å². The fraction of sp³-hybridized carbons (Fsp3) is 0.500. The second-order valence-corrected chi connectivity index (χ2v) is 22.7. The van der Waals surface area contributed by atoms with Crippen LogP contribution in [0.5, 0.6) is 0 Å². The molecule has 2 aliphatic rings. The van der Waals surface area contributed by atoms with Crippen LogP contribution >= 0.6 is 19.2 Å². The number of H-pyrrole nitrogens is 1. The number of hydrogen-bond donors (Lipinski definition) is 5. The number of unbranched alkanes of at least 4 members (excludes halogenated alkanes) is 7. The molecule has 5 aromatic rings. The van der Waals surface area contributed by atoms with E-state index >= 15 is 0 Å². The number of carbonyl (C=O) groups is 5. The maximum Gasteiger partial charge on any atom is 1.00 e. The van der Waals surface area contributed by atoms with Gasteiger partial charge in [0, 0.05) is 55.3 Å². The Morgan fingerprint density at radius 1 is 0.882 bits per heavy atom. The average molecular weight is 1100 g/mol. The predicted octanol–water partition coefficient (Wildman–Crippen LogP) is 1.14. The molecule has 0 aliphatic carbocycles. The van der Waals surface area contributed by atoms with Crippen LogP contribution in [0.2, 0.25) is 0 Å². The molecular weight excluding hydrogens is 1030 g/mol. The standard InChI is InChI=1S/C54H72N9O9PS.2Na/c1-35-15-14-28-62(35)33-46-59-43-26-25-41(29-44(43)60-46)58-51(66)40-23-21-39(22-24-40)50(65)55-27-13-11-9-7-6-8-10-12-16-47(64)61-49(54(3,4)5)53(68)63-32-42(72-73(69,70)71)30-45(63)52(67)56-31-37-17-19-38(20-18-37)48-36(2)57-34-74-48;;/h17-26,29,34-35,42,45,49H,6-16,27-28,30-33H2,1-5H3,(H,55,65)(H,56,67)(H,58,66)(H,59,60)(H,61,64)(H2,69,70,71);;/q;2*+1/p-2/t35-,42+,45-,49+;;/m0../s1. The van der Waals surface area contributed by atoms with Crippen LogP contribution in [0.1, 0.15) is 143 Å². The van der Waals surface area contributed by atoms with Crippen molar-refractivity contribution < 1.29 is 102 Å². The van der Waals surface area contributed by atoms with Gasteiger partial charge < -0.3 is 50.0 Å². The van der Waals surface area contributed by atoms with E-state index in [-0.39, 0.29) is 103 Å². The first-order chi connectivity index (χ1) is 35.3. The summed E-state index contributed by atoms with van der Waals surface area (Å²) in [5, 5.41) is 11.6. The molecule has 2 aliphatic heterocycles. The molecule has 76 heavy (non-hydrogen) atoms. The summed E-state index contributed by atoms with van der Waals surface area (Å²) in [5.74, 6) is -0.974. The number of rotatable bonds is 24. The van der Waals surface area contributed by atoms with Crippen molar-refractivity contribution in [1.29, 1.82) is 0 Å². The molecule has 0 radical (unpaired) electrons. The van der Waals surface area contributed by atoms with Crippen LogP contribution in [0.15, 0.2) is 72.2 Å². The van der Waals surface area contributed by atoms with Gasteiger partial charge in [0.1, 0.15) is 17.9 Å². The largest absolute Gasteiger partial charge is 1.00 e. The summed E-state index contributed by atoms with van der Waals surface area (Å²) >= 11 is 1.53. The predicted molar refractivity (Wildman–Crippen MR) is 282 cm³/mol. The fourth-order valence-corrected chi connectivity index (χ4v) is 11.0. The van der Waals surface area contributed by atoms with E-state index in [1.165, 1.54) is 29.1 Å². The Morgan fingerprint density at radius 3 is 2.16 bits per heavy atom. The van der Waals surface area contributed by atoms with Crippen molar-refractivity contribution in [3.63, 3.8) is 0 Å². The number of hydrogen-bond acceptors (Lipinski definition) is 13. The molecule has 18 nitrogen and oxygen atoms in total. The van der Waals surface area contributed by atoms with E-state index in [1.807, 2.05) is 49.4 Å². The molecule has 0 bridgehead atoms. The van der Waals surface area contributed by atoms with E-state index < -0.39 is 43.2 Å². The van der Waals surface area contributed by atoms with Crippen LogP contribution in [-0.4, -0.2) is 98.2 Å². The van der Waals surface area contributed by atoms with Gasteiger partial charge in [-0.3, -0.25) is 28.9 Å². The maximum atomic E-state index is 14.2. The molecule has 5 N–H and O–H groups in total. The van der Waals surface area contributed by atoms with Crippen LogP contribution in [-0.2, 0) is 36.6 Å². The fourth-order valence-electron chi connectivity index (χ4n) is 9.64. The SMILES string of the molecule is Cc1ncsc1-c1ccc(CNC(=O)[C@@H]2C[C@@H](OP(=O)([O-])[O-])CN2C(=O)[C@@H](NC(=O)CCCCCCCCCCNC(=O)c2ccc(C(=O)Nc3ccc4nc(CN5CCC[C@@H]5C)[nH]c4c3)cc2)C(C)(C)C)cc1.[Na+].[Na+]. The number of fused-ring (bicyclic) bond motifs is 1. The number of nitrogens with one attached hydrogen (secondary N) is 5. The number of likely N-dealkylation sites (tertiary alicyclic amines) is 2. The summed E-state index contributed by atoms with van der Waals surface area (Å²) in [6, 6.07) is 18.2. The number of nitrogens with zero attached hydrogens (tertiary/aromatic N) is 4. The Bertz CT molecular complexity index is 2780. The maximum absolute atomic E-state index is 14.2. The van der Waals surface area contributed by atoms with Crippen molar-refractivity contribution in [3.05, 3.63) is 100 Å². The van der Waals surface area contributed by atoms with E-state index in [2.05, 4.69) is 43.1 Å². The van der Waals surface area contributed by atoms with E-state index in [4.69, 9.17) is 9.51 Å². The third-order valence-corrected chi connectivity index (χ3v) is 15.4. The first-order valence-corrected chi connectivity index (χ1v) is 28.1. The molecule has 0 unspecified atom stereocenters. The molecule has 2 saturated heterocycles. The monoisotopic (exact) mass is 1100 g/mol. The number of aromatic nitrogens is 3. The second-order valence-electron chi connectivity index (χ2n) is 20.7. The molecular formula is C54H70N9Na2O9PS. The van der Waals surface area contributed by atoms with Crippen molar-refractivity contribution in [1.82, 2.24) is 40.7 Å². The van der Waals surface area contributed by atoms with Gasteiger partial charge in [0.2, 0.25) is 17.7 Å². The molecule has 5 amide bonds. The van der Waals surface area contributed by atoms with Crippen LogP contribution in [0, 0.1) is 12.3 Å². The normalized spacial score (nSPS) is 17.1. The van der Waals surface area contributed by atoms with Gasteiger partial charge in [0.15, 0.2) is 0 Å². The zero-order chi connectivity index (χ0) is 53.0. The van der Waals surface area contributed by atoms with Crippen molar-refractivity contribution in [2.45, 2.75) is 149 Å². The van der Waals surface area contributed by atoms with Gasteiger partial charge in [0.05, 0.1) is 47.6 Å². The Hall–Kier alpha value is -3.82. The first kappa shape index (κ1) is 63.0. The average Bonchev–Trinajstić information content (AvgIpc) is 4.18. The van der Waals surface area contributed by atoms with E-state index in [9.17, 15) is 38.3 Å². The number of benzene rings is 3. The molecule has 398 valence electrons. The van der Waals surface area contributed by atoms with Gasteiger partial charge in [-0.15, -0.1) is 11.3 Å². The topological polar surface area (TPSA) is 254 Å². The number of imidazole rings is 1. The van der Waals surface area contributed by atoms with Crippen molar-refractivity contribution in [2.75, 3.05) is 25.0 Å². The van der Waals surface area contributed by atoms with Gasteiger partial charge >= 0.3 is 59.1 Å². The van der Waals surface area contributed by atoms with E-state index in [0.29, 0.717) is 35.8 Å². The van der Waals surface area contributed by atoms with E-state index in [0.717, 1.165) is 96.6 Å². The minimum atomic E-state index is -5.43. The number of anilines is 1. The zero-order valence-corrected chi connectivity index (χ0v) is 50.8. The Kier molecular flexibility index (Phi) is 24.4. The van der Waals surface area contributed by atoms with Gasteiger partial charge in [-0.05, 0) is 105 Å². The van der Waals surface area contributed by atoms with E-state index in [1.54, 1.807) is 50.5 Å². The third-order valence-electron chi connectivity index (χ3n) is 13.8. The molecule has 0 spiro atoms. The Labute approximate surface area is 494 Å². The van der Waals surface area contributed by atoms with Crippen LogP contribution in [0.4, 0.5) is 5.69 Å². The number of aromatic amines is 1. The quantitative estimate of drug-likeness (QED) is 0.0332. The van der Waals surface area contributed by atoms with Gasteiger partial charge in [-0.1, -0.05) is 83.6 Å². The molecule has 22 heteroatoms. The number of phosphoric ester groups is 1. The third kappa shape index (κ3) is 18.4. The number of amides is 5. The summed E-state index contributed by atoms with van der Waals surface area (Å²) < 4.78 is 16.3. The van der Waals surface area contributed by atoms with Crippen molar-refractivity contribution >= 4 is 65.4 Å². The molecule has 3 aromatic carbocycles. The molecule has 2 fully saturated rings. The molecule has 0 saturated carbocycles. The minimum absolute atomic E-state index is 0. The first-order valence-electron chi connectivity index (χ1n) is 25.8. The van der Waals surface area contributed by atoms with Crippen LogP contribution in [0.25, 0.3) is 21.5 Å². The number of thiazole rings is 1. The summed E-state index contributed by atoms with van der Waals surface area (Å²) in [6.07, 6.45) is 8.36. The Morgan fingerprint density at radius 2 is 1.54 bits per heavy atom. The summed E-state index contributed by atoms with van der Waals surface area (Å²) in [6.45, 7) is 11.8. The molecule has 7 rings (SSSR count). The van der Waals surface area contributed by atoms with Gasteiger partial charge in [0.25, 0.3) is 11.8 Å². The number of carbonyl (C=O) groups excluding carboxylic acids is 5. The smallest absolute Gasteiger partial charge is 0.790 e. The summed E-state index contributed by atoms with van der Waals surface area (Å²) in [4.78, 5) is 107. The zero-order valence-electron chi connectivity index (χ0n) is 45.1. The van der Waals surface area contributed by atoms with Crippen LogP contribution in [0.3, 0.4) is 0 Å². The summed E-state index contributed by atoms with van der Waals surface area (Å²) in [7, 11) is -5.43. The van der Waals surface area contributed by atoms with Crippen molar-refractivity contribution in [3.8, 4) is 10.4 Å². The number of aryl methyl sites for hydroxylation is 1. The number of phosphoric acid groups is 1. The molecule has 4 atom stereocenters. The molecule has 2 aromatic heterocycles. The Balaban J connectivity index is 0.00000533.